The van der Waals surface area contributed by atoms with Crippen LogP contribution in [0.25, 0.3) is 10.9 Å². The molecule has 40 heavy (non-hydrogen) atoms. The number of nitrogens with one attached hydrogen (secondary N) is 2. The van der Waals surface area contributed by atoms with Crippen LogP contribution in [0.15, 0.2) is 78.9 Å². The van der Waals surface area contributed by atoms with Crippen LogP contribution in [0, 0.1) is 11.7 Å². The largest absolute Gasteiger partial charge is 0.358 e. The molecule has 3 unspecified atom stereocenters. The number of fused-ring (bicyclic) bond motifs is 4. The van der Waals surface area contributed by atoms with E-state index in [1.165, 1.54) is 33.8 Å². The van der Waals surface area contributed by atoms with E-state index in [-0.39, 0.29) is 34.6 Å². The van der Waals surface area contributed by atoms with Gasteiger partial charge in [0.1, 0.15) is 5.82 Å². The second kappa shape index (κ2) is 9.59. The molecule has 4 aromatic rings. The van der Waals surface area contributed by atoms with E-state index < -0.39 is 0 Å². The summed E-state index contributed by atoms with van der Waals surface area (Å²) in [6.45, 7) is 0. The number of amides is 1. The summed E-state index contributed by atoms with van der Waals surface area (Å²) in [4.78, 5) is 19.6. The van der Waals surface area contributed by atoms with Gasteiger partial charge < -0.3 is 10.3 Å². The van der Waals surface area contributed by atoms with Crippen molar-refractivity contribution in [3.05, 3.63) is 107 Å². The predicted octanol–water partition coefficient (Wildman–Crippen LogP) is 6.81. The minimum absolute atomic E-state index is 0.0419. The first-order chi connectivity index (χ1) is 19.4. The van der Waals surface area contributed by atoms with E-state index in [2.05, 4.69) is 83.9 Å². The van der Waals surface area contributed by atoms with Gasteiger partial charge in [-0.1, -0.05) is 60.7 Å². The topological polar surface area (TPSA) is 48.1 Å². The summed E-state index contributed by atoms with van der Waals surface area (Å²) >= 11 is 0. The Morgan fingerprint density at radius 3 is 2.45 bits per heavy atom. The first-order valence-electron chi connectivity index (χ1n) is 14.8. The summed E-state index contributed by atoms with van der Waals surface area (Å²) in [5, 5.41) is 4.79. The number of rotatable bonds is 5. The molecule has 0 aliphatic heterocycles. The first-order valence-corrected chi connectivity index (χ1v) is 14.8. The van der Waals surface area contributed by atoms with Gasteiger partial charge >= 0.3 is 0 Å². The molecule has 0 bridgehead atoms. The number of para-hydroxylation sites is 1. The van der Waals surface area contributed by atoms with E-state index in [1.54, 1.807) is 6.07 Å². The van der Waals surface area contributed by atoms with E-state index >= 15 is 0 Å². The van der Waals surface area contributed by atoms with Gasteiger partial charge in [-0.3, -0.25) is 9.69 Å². The lowest BCUT2D eigenvalue weighted by Crippen LogP contribution is -2.52. The standard InChI is InChI=1S/C35H38FN3O/c1-39(2)35(24-11-8-12-25(36)19-24)17-15-34(16-18-35)22-26(20-29-27-13-6-7-14-31(27)38-32(29)34)37-33(40)30-21-28(30)23-9-4-3-5-10-23/h3-14,19,26,28,30,38H,15-18,20-22H2,1-2H3,(H,37,40). The average Bonchev–Trinajstić information content (AvgIpc) is 3.69. The normalized spacial score (nSPS) is 29.4. The van der Waals surface area contributed by atoms with Crippen molar-refractivity contribution in [1.82, 2.24) is 15.2 Å². The number of nitrogens with zero attached hydrogens (tertiary/aromatic N) is 1. The molecule has 2 N–H and O–H groups in total. The van der Waals surface area contributed by atoms with Gasteiger partial charge in [-0.15, -0.1) is 0 Å². The fourth-order valence-corrected chi connectivity index (χ4v) is 8.09. The number of hydrogen-bond acceptors (Lipinski definition) is 2. The lowest BCUT2D eigenvalue weighted by atomic mass is 9.58. The number of carbonyl (C=O) groups excluding carboxylic acids is 1. The lowest BCUT2D eigenvalue weighted by molar-refractivity contribution is -0.123. The maximum atomic E-state index is 14.3. The molecule has 3 aliphatic carbocycles. The molecular weight excluding hydrogens is 497 g/mol. The van der Waals surface area contributed by atoms with Crippen LogP contribution in [0.5, 0.6) is 0 Å². The van der Waals surface area contributed by atoms with Crippen molar-refractivity contribution in [2.75, 3.05) is 14.1 Å². The third-order valence-electron chi connectivity index (χ3n) is 10.4. The smallest absolute Gasteiger partial charge is 0.223 e. The van der Waals surface area contributed by atoms with Crippen molar-refractivity contribution in [3.8, 4) is 0 Å². The fourth-order valence-electron chi connectivity index (χ4n) is 8.09. The van der Waals surface area contributed by atoms with E-state index in [0.29, 0.717) is 5.92 Å². The molecule has 2 fully saturated rings. The third kappa shape index (κ3) is 4.17. The van der Waals surface area contributed by atoms with E-state index in [9.17, 15) is 9.18 Å². The van der Waals surface area contributed by atoms with Crippen LogP contribution in [0.2, 0.25) is 0 Å². The maximum Gasteiger partial charge on any atom is 0.223 e. The number of H-pyrrole nitrogens is 1. The highest BCUT2D eigenvalue weighted by Crippen LogP contribution is 2.55. The summed E-state index contributed by atoms with van der Waals surface area (Å²) in [6.07, 6.45) is 6.60. The molecule has 2 saturated carbocycles. The Balaban J connectivity index is 1.18. The minimum atomic E-state index is -0.202. The quantitative estimate of drug-likeness (QED) is 0.295. The molecule has 3 aromatic carbocycles. The van der Waals surface area contributed by atoms with Crippen LogP contribution in [0.3, 0.4) is 0 Å². The first kappa shape index (κ1) is 25.5. The van der Waals surface area contributed by atoms with Crippen molar-refractivity contribution in [3.63, 3.8) is 0 Å². The number of halogens is 1. The van der Waals surface area contributed by atoms with Crippen molar-refractivity contribution in [1.29, 1.82) is 0 Å². The summed E-state index contributed by atoms with van der Waals surface area (Å²) in [5.41, 5.74) is 5.99. The SMILES string of the molecule is CN(C)C1(c2cccc(F)c2)CCC2(CC1)CC(NC(=O)C1CC1c1ccccc1)Cc1c2[nH]c2ccccc12. The number of carbonyl (C=O) groups is 1. The number of hydrogen-bond donors (Lipinski definition) is 2. The molecule has 1 amide bonds. The molecule has 0 radical (unpaired) electrons. The Kier molecular flexibility index (Phi) is 6.12. The van der Waals surface area contributed by atoms with Crippen LogP contribution in [-0.2, 0) is 22.2 Å². The Bertz CT molecular complexity index is 1550. The number of aromatic amines is 1. The van der Waals surface area contributed by atoms with Crippen LogP contribution in [-0.4, -0.2) is 35.9 Å². The Morgan fingerprint density at radius 2 is 1.70 bits per heavy atom. The van der Waals surface area contributed by atoms with Crippen LogP contribution >= 0.6 is 0 Å². The van der Waals surface area contributed by atoms with E-state index in [0.717, 1.165) is 50.5 Å². The second-order valence-electron chi connectivity index (χ2n) is 12.7. The number of benzene rings is 3. The van der Waals surface area contributed by atoms with Gasteiger partial charge in [-0.05, 0) is 99.8 Å². The zero-order chi connectivity index (χ0) is 27.5. The van der Waals surface area contributed by atoms with Gasteiger partial charge in [-0.25, -0.2) is 4.39 Å². The second-order valence-corrected chi connectivity index (χ2v) is 12.7. The molecule has 7 rings (SSSR count). The lowest BCUT2D eigenvalue weighted by Gasteiger charge is -2.52. The highest BCUT2D eigenvalue weighted by atomic mass is 19.1. The highest BCUT2D eigenvalue weighted by molar-refractivity contribution is 5.86. The van der Waals surface area contributed by atoms with Gasteiger partial charge in [-0.2, -0.15) is 0 Å². The van der Waals surface area contributed by atoms with Crippen molar-refractivity contribution in [2.24, 2.45) is 5.92 Å². The Labute approximate surface area is 236 Å². The molecule has 1 spiro atoms. The minimum Gasteiger partial charge on any atom is -0.358 e. The predicted molar refractivity (Wildman–Crippen MR) is 158 cm³/mol. The highest BCUT2D eigenvalue weighted by Gasteiger charge is 2.51. The Morgan fingerprint density at radius 1 is 0.950 bits per heavy atom. The monoisotopic (exact) mass is 535 g/mol. The molecule has 3 aliphatic rings. The van der Waals surface area contributed by atoms with Crippen LogP contribution in [0.1, 0.15) is 66.8 Å². The molecule has 206 valence electrons. The molecule has 5 heteroatoms. The van der Waals surface area contributed by atoms with Crippen molar-refractivity contribution >= 4 is 16.8 Å². The van der Waals surface area contributed by atoms with Crippen LogP contribution in [0.4, 0.5) is 4.39 Å². The van der Waals surface area contributed by atoms with Gasteiger partial charge in [0.05, 0.1) is 0 Å². The van der Waals surface area contributed by atoms with E-state index in [1.807, 2.05) is 12.1 Å². The van der Waals surface area contributed by atoms with Crippen LogP contribution < -0.4 is 5.32 Å². The third-order valence-corrected chi connectivity index (χ3v) is 10.4. The summed E-state index contributed by atoms with van der Waals surface area (Å²) < 4.78 is 14.3. The molecule has 4 nitrogen and oxygen atoms in total. The van der Waals surface area contributed by atoms with Crippen molar-refractivity contribution in [2.45, 2.75) is 67.9 Å². The van der Waals surface area contributed by atoms with Gasteiger partial charge in [0.15, 0.2) is 0 Å². The molecule has 0 saturated heterocycles. The molecular formula is C35H38FN3O. The molecule has 1 heterocycles. The summed E-state index contributed by atoms with van der Waals surface area (Å²) in [7, 11) is 4.25. The molecule has 3 atom stereocenters. The van der Waals surface area contributed by atoms with Gasteiger partial charge in [0, 0.05) is 39.5 Å². The average molecular weight is 536 g/mol. The van der Waals surface area contributed by atoms with E-state index in [4.69, 9.17) is 0 Å². The number of aromatic nitrogens is 1. The zero-order valence-corrected chi connectivity index (χ0v) is 23.4. The maximum absolute atomic E-state index is 14.3. The van der Waals surface area contributed by atoms with Gasteiger partial charge in [0.2, 0.25) is 5.91 Å². The van der Waals surface area contributed by atoms with Gasteiger partial charge in [0.25, 0.3) is 0 Å². The molecule has 1 aromatic heterocycles. The fraction of sp³-hybridized carbons (Fsp3) is 0.400. The summed E-state index contributed by atoms with van der Waals surface area (Å²) in [6, 6.07) is 26.3. The van der Waals surface area contributed by atoms with Crippen molar-refractivity contribution < 1.29 is 9.18 Å². The zero-order valence-electron chi connectivity index (χ0n) is 23.4. The Hall–Kier alpha value is -3.44. The summed E-state index contributed by atoms with van der Waals surface area (Å²) in [5.74, 6) is 0.439.